The molecule has 0 bridgehead atoms. The molecule has 1 aromatic heterocycles. The second-order valence-electron chi connectivity index (χ2n) is 6.38. The molecule has 1 saturated heterocycles. The quantitative estimate of drug-likeness (QED) is 0.727. The average Bonchev–Trinajstić information content (AvgIpc) is 3.18. The number of imide groups is 1. The number of aromatic nitrogens is 1. The van der Waals surface area contributed by atoms with Gasteiger partial charge in [-0.1, -0.05) is 48.2 Å². The molecule has 132 valence electrons. The summed E-state index contributed by atoms with van der Waals surface area (Å²) >= 11 is 1.05. The molecule has 0 saturated carbocycles. The number of nitrogens with one attached hydrogen (secondary N) is 1. The van der Waals surface area contributed by atoms with E-state index in [0.29, 0.717) is 13.0 Å². The van der Waals surface area contributed by atoms with Crippen LogP contribution in [0.25, 0.3) is 10.9 Å². The van der Waals surface area contributed by atoms with E-state index in [4.69, 9.17) is 0 Å². The fourth-order valence-electron chi connectivity index (χ4n) is 3.24. The van der Waals surface area contributed by atoms with Gasteiger partial charge in [0.1, 0.15) is 0 Å². The monoisotopic (exact) mass is 366 g/mol. The third-order valence-electron chi connectivity index (χ3n) is 4.58. The van der Waals surface area contributed by atoms with Crippen LogP contribution in [0.3, 0.4) is 0 Å². The van der Waals surface area contributed by atoms with Crippen molar-refractivity contribution in [2.45, 2.75) is 24.3 Å². The molecule has 2 N–H and O–H groups in total. The minimum absolute atomic E-state index is 0.219. The summed E-state index contributed by atoms with van der Waals surface area (Å²) in [5.74, 6) is -0.219. The number of amides is 2. The molecule has 4 rings (SSSR count). The molecule has 2 unspecified atom stereocenters. The van der Waals surface area contributed by atoms with Crippen molar-refractivity contribution in [2.75, 3.05) is 0 Å². The first-order valence-electron chi connectivity index (χ1n) is 8.42. The third kappa shape index (κ3) is 3.38. The maximum Gasteiger partial charge on any atom is 0.286 e. The molecule has 1 aliphatic rings. The molecule has 26 heavy (non-hydrogen) atoms. The summed E-state index contributed by atoms with van der Waals surface area (Å²) in [4.78, 5) is 23.0. The first-order valence-corrected chi connectivity index (χ1v) is 9.30. The van der Waals surface area contributed by atoms with Crippen molar-refractivity contribution in [1.29, 1.82) is 0 Å². The first kappa shape index (κ1) is 16.9. The van der Waals surface area contributed by atoms with Gasteiger partial charge in [-0.25, -0.2) is 0 Å². The summed E-state index contributed by atoms with van der Waals surface area (Å²) in [6.45, 7) is 0.474. The number of thioether (sulfide) groups is 1. The number of hydrogen-bond donors (Lipinski definition) is 2. The van der Waals surface area contributed by atoms with Crippen molar-refractivity contribution in [3.8, 4) is 0 Å². The molecule has 1 aliphatic heterocycles. The van der Waals surface area contributed by atoms with E-state index in [0.717, 1.165) is 33.8 Å². The van der Waals surface area contributed by atoms with E-state index in [2.05, 4.69) is 5.32 Å². The van der Waals surface area contributed by atoms with Crippen LogP contribution >= 0.6 is 11.8 Å². The molecule has 2 amide bonds. The Morgan fingerprint density at radius 1 is 1.12 bits per heavy atom. The van der Waals surface area contributed by atoms with E-state index in [1.54, 1.807) is 0 Å². The van der Waals surface area contributed by atoms with Crippen LogP contribution in [0.15, 0.2) is 60.8 Å². The maximum absolute atomic E-state index is 11.7. The Kier molecular flexibility index (Phi) is 4.53. The molecule has 6 heteroatoms. The molecule has 0 aliphatic carbocycles. The van der Waals surface area contributed by atoms with E-state index in [1.807, 2.05) is 65.4 Å². The molecular weight excluding hydrogens is 348 g/mol. The Morgan fingerprint density at radius 3 is 2.65 bits per heavy atom. The zero-order valence-electron chi connectivity index (χ0n) is 14.0. The number of carbonyl (C=O) groups excluding carboxylic acids is 2. The maximum atomic E-state index is 11.7. The Balaban J connectivity index is 1.52. The second-order valence-corrected chi connectivity index (χ2v) is 7.55. The molecule has 1 fully saturated rings. The minimum Gasteiger partial charge on any atom is -0.387 e. The summed E-state index contributed by atoms with van der Waals surface area (Å²) in [5.41, 5.74) is 2.93. The highest BCUT2D eigenvalue weighted by Crippen LogP contribution is 2.26. The van der Waals surface area contributed by atoms with Crippen LogP contribution in [0.4, 0.5) is 4.79 Å². The SMILES string of the molecule is O=C1NC(=O)C(Cc2ccc3c(ccn3CC(O)c3ccccc3)c2)S1. The Bertz CT molecular complexity index is 968. The van der Waals surface area contributed by atoms with Crippen LogP contribution < -0.4 is 5.32 Å². The number of aliphatic hydroxyl groups excluding tert-OH is 1. The number of benzene rings is 2. The Morgan fingerprint density at radius 2 is 1.92 bits per heavy atom. The second kappa shape index (κ2) is 6.97. The summed E-state index contributed by atoms with van der Waals surface area (Å²) in [7, 11) is 0. The van der Waals surface area contributed by atoms with E-state index in [1.165, 1.54) is 0 Å². The van der Waals surface area contributed by atoms with Crippen molar-refractivity contribution in [3.05, 3.63) is 71.9 Å². The highest BCUT2D eigenvalue weighted by atomic mass is 32.2. The van der Waals surface area contributed by atoms with Crippen molar-refractivity contribution in [2.24, 2.45) is 0 Å². The summed E-state index contributed by atoms with van der Waals surface area (Å²) in [5, 5.41) is 13.2. The van der Waals surface area contributed by atoms with E-state index in [9.17, 15) is 14.7 Å². The van der Waals surface area contributed by atoms with Crippen LogP contribution in [-0.4, -0.2) is 26.1 Å². The third-order valence-corrected chi connectivity index (χ3v) is 5.56. The first-order chi connectivity index (χ1) is 12.6. The highest BCUT2D eigenvalue weighted by molar-refractivity contribution is 8.15. The van der Waals surface area contributed by atoms with Crippen molar-refractivity contribution in [1.82, 2.24) is 9.88 Å². The van der Waals surface area contributed by atoms with Gasteiger partial charge in [-0.15, -0.1) is 0 Å². The Labute approximate surface area is 155 Å². The van der Waals surface area contributed by atoms with Gasteiger partial charge in [0.2, 0.25) is 5.91 Å². The summed E-state index contributed by atoms with van der Waals surface area (Å²) < 4.78 is 2.03. The van der Waals surface area contributed by atoms with Crippen LogP contribution in [0.1, 0.15) is 17.2 Å². The molecule has 2 atom stereocenters. The van der Waals surface area contributed by atoms with Gasteiger partial charge in [0.15, 0.2) is 0 Å². The van der Waals surface area contributed by atoms with E-state index in [-0.39, 0.29) is 16.4 Å². The smallest absolute Gasteiger partial charge is 0.286 e. The van der Waals surface area contributed by atoms with Gasteiger partial charge in [0.25, 0.3) is 5.24 Å². The topological polar surface area (TPSA) is 71.3 Å². The number of carbonyl (C=O) groups is 2. The lowest BCUT2D eigenvalue weighted by Crippen LogP contribution is -2.25. The predicted octanol–water partition coefficient (Wildman–Crippen LogP) is 3.27. The lowest BCUT2D eigenvalue weighted by molar-refractivity contribution is -0.118. The zero-order valence-corrected chi connectivity index (χ0v) is 14.8. The normalized spacial score (nSPS) is 18.3. The summed E-state index contributed by atoms with van der Waals surface area (Å²) in [6, 6.07) is 17.6. The average molecular weight is 366 g/mol. The fraction of sp³-hybridized carbons (Fsp3) is 0.200. The van der Waals surface area contributed by atoms with E-state index >= 15 is 0 Å². The standard InChI is InChI=1S/C20H18N2O3S/c23-17(14-4-2-1-3-5-14)12-22-9-8-15-10-13(6-7-16(15)22)11-18-19(24)21-20(25)26-18/h1-10,17-18,23H,11-12H2,(H,21,24,25). The van der Waals surface area contributed by atoms with Crippen LogP contribution in [0.2, 0.25) is 0 Å². The van der Waals surface area contributed by atoms with Crippen LogP contribution in [0.5, 0.6) is 0 Å². The highest BCUT2D eigenvalue weighted by Gasteiger charge is 2.31. The lowest BCUT2D eigenvalue weighted by Gasteiger charge is -2.13. The van der Waals surface area contributed by atoms with Gasteiger partial charge in [0.05, 0.1) is 17.9 Å². The molecule has 5 nitrogen and oxygen atoms in total. The van der Waals surface area contributed by atoms with Crippen LogP contribution in [0, 0.1) is 0 Å². The van der Waals surface area contributed by atoms with Crippen molar-refractivity contribution >= 4 is 33.8 Å². The van der Waals surface area contributed by atoms with Crippen molar-refractivity contribution in [3.63, 3.8) is 0 Å². The predicted molar refractivity (Wildman–Crippen MR) is 102 cm³/mol. The molecule has 0 radical (unpaired) electrons. The largest absolute Gasteiger partial charge is 0.387 e. The number of aliphatic hydroxyl groups is 1. The molecule has 3 aromatic rings. The van der Waals surface area contributed by atoms with Gasteiger partial charge in [-0.2, -0.15) is 0 Å². The van der Waals surface area contributed by atoms with E-state index < -0.39 is 6.10 Å². The van der Waals surface area contributed by atoms with Gasteiger partial charge < -0.3 is 9.67 Å². The fourth-order valence-corrected chi connectivity index (χ4v) is 4.10. The zero-order chi connectivity index (χ0) is 18.1. The van der Waals surface area contributed by atoms with Crippen LogP contribution in [-0.2, 0) is 17.8 Å². The molecule has 2 heterocycles. The minimum atomic E-state index is -0.573. The summed E-state index contributed by atoms with van der Waals surface area (Å²) in [6.07, 6.45) is 1.91. The molecule has 2 aromatic carbocycles. The number of rotatable bonds is 5. The number of fused-ring (bicyclic) bond motifs is 1. The molecular formula is C20H18N2O3S. The number of hydrogen-bond acceptors (Lipinski definition) is 4. The Hall–Kier alpha value is -2.57. The lowest BCUT2D eigenvalue weighted by atomic mass is 10.1. The van der Waals surface area contributed by atoms with Gasteiger partial charge >= 0.3 is 0 Å². The molecule has 0 spiro atoms. The van der Waals surface area contributed by atoms with Gasteiger partial charge in [-0.3, -0.25) is 14.9 Å². The van der Waals surface area contributed by atoms with Gasteiger partial charge in [-0.05, 0) is 41.1 Å². The number of nitrogens with zero attached hydrogens (tertiary/aromatic N) is 1. The van der Waals surface area contributed by atoms with Crippen molar-refractivity contribution < 1.29 is 14.7 Å². The van der Waals surface area contributed by atoms with Gasteiger partial charge in [0, 0.05) is 11.7 Å².